The van der Waals surface area contributed by atoms with Crippen molar-refractivity contribution in [3.8, 4) is 0 Å². The molecule has 1 aliphatic rings. The second-order valence-electron chi connectivity index (χ2n) is 6.56. The third-order valence-corrected chi connectivity index (χ3v) is 2.94. The zero-order valence-corrected chi connectivity index (χ0v) is 12.4. The highest BCUT2D eigenvalue weighted by atomic mass is 16.5. The van der Waals surface area contributed by atoms with Gasteiger partial charge in [0.25, 0.3) is 0 Å². The van der Waals surface area contributed by atoms with Crippen LogP contribution in [0, 0.1) is 11.3 Å². The minimum absolute atomic E-state index is 0.0477. The molecule has 0 saturated heterocycles. The second kappa shape index (κ2) is 5.72. The van der Waals surface area contributed by atoms with E-state index in [1.54, 1.807) is 0 Å². The molecule has 0 aromatic carbocycles. The number of nitrogens with zero attached hydrogens (tertiary/aromatic N) is 1. The zero-order valence-electron chi connectivity index (χ0n) is 12.4. The van der Waals surface area contributed by atoms with E-state index in [0.29, 0.717) is 18.4 Å². The molecule has 1 amide bonds. The van der Waals surface area contributed by atoms with Gasteiger partial charge in [-0.1, -0.05) is 34.6 Å². The van der Waals surface area contributed by atoms with Crippen LogP contribution in [0.5, 0.6) is 0 Å². The first-order valence-corrected chi connectivity index (χ1v) is 6.67. The molecule has 1 unspecified atom stereocenters. The van der Waals surface area contributed by atoms with Gasteiger partial charge in [0.05, 0.1) is 6.04 Å². The van der Waals surface area contributed by atoms with Gasteiger partial charge in [0, 0.05) is 6.92 Å². The Hall–Kier alpha value is -1.06. The normalized spacial score (nSPS) is 21.5. The fourth-order valence-electron chi connectivity index (χ4n) is 2.11. The fraction of sp³-hybridized carbons (Fsp3) is 0.857. The average molecular weight is 254 g/mol. The van der Waals surface area contributed by atoms with Gasteiger partial charge >= 0.3 is 0 Å². The van der Waals surface area contributed by atoms with Crippen LogP contribution >= 0.6 is 0 Å². The van der Waals surface area contributed by atoms with Gasteiger partial charge in [-0.3, -0.25) is 4.79 Å². The SMILES string of the molecule is CC(=O)N[C@H](C1=NC(CC(C)C)CO1)C(C)(C)C. The van der Waals surface area contributed by atoms with Crippen molar-refractivity contribution < 1.29 is 9.53 Å². The van der Waals surface area contributed by atoms with Crippen LogP contribution in [0.2, 0.25) is 0 Å². The first kappa shape index (κ1) is 15.0. The van der Waals surface area contributed by atoms with E-state index in [4.69, 9.17) is 4.74 Å². The first-order chi connectivity index (χ1) is 8.20. The van der Waals surface area contributed by atoms with Crippen LogP contribution in [-0.4, -0.2) is 30.5 Å². The highest BCUT2D eigenvalue weighted by Crippen LogP contribution is 2.25. The average Bonchev–Trinajstić information content (AvgIpc) is 2.59. The van der Waals surface area contributed by atoms with Gasteiger partial charge in [-0.05, 0) is 17.8 Å². The molecule has 0 bridgehead atoms. The highest BCUT2D eigenvalue weighted by molar-refractivity contribution is 5.88. The van der Waals surface area contributed by atoms with Crippen molar-refractivity contribution in [1.29, 1.82) is 0 Å². The van der Waals surface area contributed by atoms with Gasteiger partial charge in [-0.15, -0.1) is 0 Å². The smallest absolute Gasteiger partial charge is 0.217 e. The van der Waals surface area contributed by atoms with E-state index in [0.717, 1.165) is 6.42 Å². The summed E-state index contributed by atoms with van der Waals surface area (Å²) in [4.78, 5) is 15.9. The van der Waals surface area contributed by atoms with Crippen molar-refractivity contribution in [2.45, 2.75) is 60.0 Å². The summed E-state index contributed by atoms with van der Waals surface area (Å²) < 4.78 is 5.69. The van der Waals surface area contributed by atoms with Crippen molar-refractivity contribution in [3.63, 3.8) is 0 Å². The lowest BCUT2D eigenvalue weighted by Crippen LogP contribution is -2.48. The molecule has 0 fully saturated rings. The van der Waals surface area contributed by atoms with Crippen LogP contribution in [0.25, 0.3) is 0 Å². The van der Waals surface area contributed by atoms with Crippen molar-refractivity contribution in [1.82, 2.24) is 5.32 Å². The van der Waals surface area contributed by atoms with Crippen LogP contribution in [0.3, 0.4) is 0 Å². The number of carbonyl (C=O) groups is 1. The summed E-state index contributed by atoms with van der Waals surface area (Å²) in [5.41, 5.74) is -0.1000. The predicted octanol–water partition coefficient (Wildman–Crippen LogP) is 2.38. The van der Waals surface area contributed by atoms with Crippen LogP contribution in [0.4, 0.5) is 0 Å². The largest absolute Gasteiger partial charge is 0.477 e. The number of ether oxygens (including phenoxy) is 1. The van der Waals surface area contributed by atoms with Crippen molar-refractivity contribution in [2.24, 2.45) is 16.3 Å². The number of aliphatic imine (C=N–C) groups is 1. The molecular formula is C14H26N2O2. The Kier molecular flexibility index (Phi) is 4.77. The lowest BCUT2D eigenvalue weighted by Gasteiger charge is -2.30. The van der Waals surface area contributed by atoms with Gasteiger partial charge in [-0.25, -0.2) is 4.99 Å². The molecule has 0 saturated carbocycles. The lowest BCUT2D eigenvalue weighted by atomic mass is 9.86. The Morgan fingerprint density at radius 2 is 2.11 bits per heavy atom. The molecule has 18 heavy (non-hydrogen) atoms. The van der Waals surface area contributed by atoms with E-state index < -0.39 is 0 Å². The monoisotopic (exact) mass is 254 g/mol. The van der Waals surface area contributed by atoms with Gasteiger partial charge in [0.2, 0.25) is 11.8 Å². The second-order valence-corrected chi connectivity index (χ2v) is 6.56. The molecule has 104 valence electrons. The maximum absolute atomic E-state index is 11.3. The molecule has 4 heteroatoms. The summed E-state index contributed by atoms with van der Waals surface area (Å²) in [5.74, 6) is 1.24. The van der Waals surface area contributed by atoms with Crippen LogP contribution in [0.15, 0.2) is 4.99 Å². The number of rotatable bonds is 4. The molecule has 2 atom stereocenters. The third-order valence-electron chi connectivity index (χ3n) is 2.94. The minimum atomic E-state index is -0.146. The van der Waals surface area contributed by atoms with E-state index in [2.05, 4.69) is 44.9 Å². The quantitative estimate of drug-likeness (QED) is 0.837. The van der Waals surface area contributed by atoms with E-state index in [9.17, 15) is 4.79 Å². The molecule has 1 aliphatic heterocycles. The lowest BCUT2D eigenvalue weighted by molar-refractivity contribution is -0.119. The van der Waals surface area contributed by atoms with Gasteiger partial charge in [-0.2, -0.15) is 0 Å². The van der Waals surface area contributed by atoms with E-state index in [1.807, 2.05) is 0 Å². The minimum Gasteiger partial charge on any atom is -0.477 e. The number of hydrogen-bond donors (Lipinski definition) is 1. The van der Waals surface area contributed by atoms with Gasteiger partial charge < -0.3 is 10.1 Å². The summed E-state index contributed by atoms with van der Waals surface area (Å²) in [7, 11) is 0. The Bertz CT molecular complexity index is 329. The zero-order chi connectivity index (χ0) is 13.9. The topological polar surface area (TPSA) is 50.7 Å². The molecule has 0 aromatic rings. The standard InChI is InChI=1S/C14H26N2O2/c1-9(2)7-11-8-18-13(16-11)12(14(4,5)6)15-10(3)17/h9,11-12H,7-8H2,1-6H3,(H,15,17)/t11?,12-/m1/s1. The molecule has 1 rings (SSSR count). The number of nitrogens with one attached hydrogen (secondary N) is 1. The van der Waals surface area contributed by atoms with Crippen LogP contribution in [-0.2, 0) is 9.53 Å². The van der Waals surface area contributed by atoms with Crippen LogP contribution in [0.1, 0.15) is 48.0 Å². The fourth-order valence-corrected chi connectivity index (χ4v) is 2.11. The number of carbonyl (C=O) groups excluding carboxylic acids is 1. The first-order valence-electron chi connectivity index (χ1n) is 6.67. The Morgan fingerprint density at radius 3 is 2.56 bits per heavy atom. The third kappa shape index (κ3) is 4.31. The molecule has 0 radical (unpaired) electrons. The Balaban J connectivity index is 2.78. The summed E-state index contributed by atoms with van der Waals surface area (Å²) in [6.07, 6.45) is 1.03. The summed E-state index contributed by atoms with van der Waals surface area (Å²) >= 11 is 0. The van der Waals surface area contributed by atoms with Gasteiger partial charge in [0.1, 0.15) is 12.6 Å². The Morgan fingerprint density at radius 1 is 1.50 bits per heavy atom. The van der Waals surface area contributed by atoms with E-state index in [-0.39, 0.29) is 23.4 Å². The molecule has 0 aliphatic carbocycles. The molecule has 1 heterocycles. The molecule has 0 aromatic heterocycles. The number of amides is 1. The maximum Gasteiger partial charge on any atom is 0.217 e. The Labute approximate surface area is 110 Å². The number of hydrogen-bond acceptors (Lipinski definition) is 3. The van der Waals surface area contributed by atoms with Crippen molar-refractivity contribution in [3.05, 3.63) is 0 Å². The molecule has 1 N–H and O–H groups in total. The maximum atomic E-state index is 11.3. The van der Waals surface area contributed by atoms with E-state index in [1.165, 1.54) is 6.92 Å². The van der Waals surface area contributed by atoms with Crippen molar-refractivity contribution >= 4 is 11.8 Å². The summed E-state index contributed by atoms with van der Waals surface area (Å²) in [6, 6.07) is 0.0887. The molecule has 4 nitrogen and oxygen atoms in total. The van der Waals surface area contributed by atoms with E-state index >= 15 is 0 Å². The van der Waals surface area contributed by atoms with Crippen LogP contribution < -0.4 is 5.32 Å². The summed E-state index contributed by atoms with van der Waals surface area (Å²) in [5, 5.41) is 2.94. The highest BCUT2D eigenvalue weighted by Gasteiger charge is 2.35. The summed E-state index contributed by atoms with van der Waals surface area (Å²) in [6.45, 7) is 12.8. The predicted molar refractivity (Wildman–Crippen MR) is 73.7 cm³/mol. The molecular weight excluding hydrogens is 228 g/mol. The van der Waals surface area contributed by atoms with Gasteiger partial charge in [0.15, 0.2) is 0 Å². The van der Waals surface area contributed by atoms with Crippen molar-refractivity contribution in [2.75, 3.05) is 6.61 Å². The molecule has 0 spiro atoms.